The van der Waals surface area contributed by atoms with Gasteiger partial charge in [-0.05, 0) is 47.2 Å². The van der Waals surface area contributed by atoms with Crippen molar-refractivity contribution < 1.29 is 24.0 Å². The molecule has 0 bridgehead atoms. The van der Waals surface area contributed by atoms with Crippen LogP contribution in [0.3, 0.4) is 0 Å². The Morgan fingerprint density at radius 2 is 1.71 bits per heavy atom. The van der Waals surface area contributed by atoms with Crippen LogP contribution in [0.15, 0.2) is 76.1 Å². The van der Waals surface area contributed by atoms with E-state index in [-0.39, 0.29) is 23.7 Å². The first-order chi connectivity index (χ1) is 16.9. The van der Waals surface area contributed by atoms with Gasteiger partial charge >= 0.3 is 0 Å². The summed E-state index contributed by atoms with van der Waals surface area (Å²) in [6, 6.07) is 18.8. The maximum atomic E-state index is 13.0. The van der Waals surface area contributed by atoms with Gasteiger partial charge in [0.1, 0.15) is 6.61 Å². The summed E-state index contributed by atoms with van der Waals surface area (Å²) in [6.45, 7) is 0.307. The maximum absolute atomic E-state index is 13.0. The lowest BCUT2D eigenvalue weighted by atomic mass is 10.1. The van der Waals surface area contributed by atoms with Crippen LogP contribution >= 0.6 is 27.7 Å². The van der Waals surface area contributed by atoms with Crippen LogP contribution in [0.4, 0.5) is 10.5 Å². The molecule has 1 fully saturated rings. The molecule has 0 unspecified atom stereocenters. The number of hydrogen-bond donors (Lipinski definition) is 0. The van der Waals surface area contributed by atoms with E-state index in [1.807, 2.05) is 24.3 Å². The molecule has 0 aliphatic carbocycles. The molecule has 0 atom stereocenters. The molecule has 3 aromatic carbocycles. The van der Waals surface area contributed by atoms with Crippen LogP contribution in [0.25, 0.3) is 6.08 Å². The number of methoxy groups -OCH3 is 1. The van der Waals surface area contributed by atoms with Crippen molar-refractivity contribution in [3.05, 3.63) is 103 Å². The van der Waals surface area contributed by atoms with Gasteiger partial charge in [-0.3, -0.25) is 24.6 Å². The number of hydrogen-bond acceptors (Lipinski definition) is 7. The summed E-state index contributed by atoms with van der Waals surface area (Å²) < 4.78 is 12.5. The molecule has 8 nitrogen and oxygen atoms in total. The van der Waals surface area contributed by atoms with E-state index in [2.05, 4.69) is 15.9 Å². The number of imide groups is 1. The number of nitro groups is 1. The van der Waals surface area contributed by atoms with Gasteiger partial charge < -0.3 is 9.47 Å². The van der Waals surface area contributed by atoms with Crippen molar-refractivity contribution in [1.29, 1.82) is 0 Å². The average molecular weight is 555 g/mol. The number of thioether (sulfide) groups is 1. The van der Waals surface area contributed by atoms with Gasteiger partial charge in [-0.1, -0.05) is 52.3 Å². The van der Waals surface area contributed by atoms with E-state index in [9.17, 15) is 19.7 Å². The Balaban J connectivity index is 1.55. The number of benzene rings is 3. The van der Waals surface area contributed by atoms with Gasteiger partial charge in [-0.25, -0.2) is 0 Å². The maximum Gasteiger partial charge on any atom is 0.293 e. The fraction of sp³-hybridized carbons (Fsp3) is 0.120. The van der Waals surface area contributed by atoms with Gasteiger partial charge in [0.15, 0.2) is 11.5 Å². The summed E-state index contributed by atoms with van der Waals surface area (Å²) in [5.74, 6) is 0.515. The van der Waals surface area contributed by atoms with E-state index in [4.69, 9.17) is 9.47 Å². The Hall–Kier alpha value is -3.63. The third-order valence-corrected chi connectivity index (χ3v) is 6.61. The number of rotatable bonds is 8. The highest BCUT2D eigenvalue weighted by Crippen LogP contribution is 2.38. The Morgan fingerprint density at radius 1 is 1.03 bits per heavy atom. The highest BCUT2D eigenvalue weighted by molar-refractivity contribution is 9.10. The van der Waals surface area contributed by atoms with Gasteiger partial charge in [-0.2, -0.15) is 0 Å². The second-order valence-corrected chi connectivity index (χ2v) is 9.39. The third kappa shape index (κ3) is 5.72. The van der Waals surface area contributed by atoms with Gasteiger partial charge in [0.05, 0.1) is 23.5 Å². The number of carbonyl (C=O) groups is 2. The number of non-ortho nitro benzene ring substituents is 1. The number of nitro benzene ring substituents is 1. The number of carbonyl (C=O) groups excluding carboxylic acids is 2. The molecule has 0 radical (unpaired) electrons. The van der Waals surface area contributed by atoms with Crippen LogP contribution in [0.1, 0.15) is 16.7 Å². The summed E-state index contributed by atoms with van der Waals surface area (Å²) >= 11 is 4.24. The first-order valence-electron chi connectivity index (χ1n) is 10.4. The summed E-state index contributed by atoms with van der Waals surface area (Å²) in [5.41, 5.74) is 2.10. The number of amides is 2. The second-order valence-electron chi connectivity index (χ2n) is 7.49. The van der Waals surface area contributed by atoms with Crippen molar-refractivity contribution in [2.24, 2.45) is 0 Å². The minimum Gasteiger partial charge on any atom is -0.493 e. The third-order valence-electron chi connectivity index (χ3n) is 5.17. The molecule has 4 rings (SSSR count). The summed E-state index contributed by atoms with van der Waals surface area (Å²) in [4.78, 5) is 37.3. The van der Waals surface area contributed by atoms with Crippen LogP contribution in [-0.4, -0.2) is 28.1 Å². The predicted octanol–water partition coefficient (Wildman–Crippen LogP) is 6.18. The van der Waals surface area contributed by atoms with E-state index in [1.165, 1.54) is 31.4 Å². The van der Waals surface area contributed by atoms with Crippen molar-refractivity contribution in [1.82, 2.24) is 4.90 Å². The minimum atomic E-state index is -0.503. The minimum absolute atomic E-state index is 0.0189. The lowest BCUT2D eigenvalue weighted by Crippen LogP contribution is -2.27. The predicted molar refractivity (Wildman–Crippen MR) is 136 cm³/mol. The Morgan fingerprint density at radius 3 is 2.37 bits per heavy atom. The normalized spacial score (nSPS) is 14.5. The van der Waals surface area contributed by atoms with Crippen LogP contribution < -0.4 is 9.47 Å². The fourth-order valence-electron chi connectivity index (χ4n) is 3.38. The van der Waals surface area contributed by atoms with Gasteiger partial charge in [0.2, 0.25) is 0 Å². The molecule has 1 aliphatic rings. The largest absolute Gasteiger partial charge is 0.493 e. The van der Waals surface area contributed by atoms with E-state index >= 15 is 0 Å². The number of nitrogens with zero attached hydrogens (tertiary/aromatic N) is 2. The Labute approximate surface area is 213 Å². The number of ether oxygens (including phenoxy) is 2. The standard InChI is InChI=1S/C25H19BrN2O6S/c1-33-21-4-2-3-18(23(21)34-15-17-5-9-19(26)10-6-17)13-22-24(29)27(25(30)35-22)14-16-7-11-20(12-8-16)28(31)32/h2-13H,14-15H2,1H3/b22-13-. The molecular formula is C25H19BrN2O6S. The van der Waals surface area contributed by atoms with Crippen molar-refractivity contribution in [3.8, 4) is 11.5 Å². The van der Waals surface area contributed by atoms with Crippen molar-refractivity contribution >= 4 is 50.6 Å². The first-order valence-corrected chi connectivity index (χ1v) is 12.0. The molecule has 1 aliphatic heterocycles. The quantitative estimate of drug-likeness (QED) is 0.186. The van der Waals surface area contributed by atoms with E-state index in [0.29, 0.717) is 22.6 Å². The van der Waals surface area contributed by atoms with Crippen molar-refractivity contribution in [2.45, 2.75) is 13.2 Å². The van der Waals surface area contributed by atoms with E-state index in [1.54, 1.807) is 24.3 Å². The molecule has 0 spiro atoms. The second kappa shape index (κ2) is 10.7. The molecule has 2 amide bonds. The van der Waals surface area contributed by atoms with Gasteiger partial charge in [0, 0.05) is 22.2 Å². The molecule has 0 saturated carbocycles. The Bertz CT molecular complexity index is 1310. The highest BCUT2D eigenvalue weighted by Gasteiger charge is 2.35. The molecular weight excluding hydrogens is 536 g/mol. The number of halogens is 1. The first kappa shape index (κ1) is 24.5. The molecule has 0 N–H and O–H groups in total. The zero-order chi connectivity index (χ0) is 24.9. The lowest BCUT2D eigenvalue weighted by molar-refractivity contribution is -0.384. The zero-order valence-corrected chi connectivity index (χ0v) is 20.9. The Kier molecular flexibility index (Phi) is 7.52. The lowest BCUT2D eigenvalue weighted by Gasteiger charge is -2.14. The monoisotopic (exact) mass is 554 g/mol. The number of para-hydroxylation sites is 1. The zero-order valence-electron chi connectivity index (χ0n) is 18.5. The van der Waals surface area contributed by atoms with Crippen molar-refractivity contribution in [3.63, 3.8) is 0 Å². The van der Waals surface area contributed by atoms with Crippen LogP contribution in [0, 0.1) is 10.1 Å². The van der Waals surface area contributed by atoms with Gasteiger partial charge in [0.25, 0.3) is 16.8 Å². The molecule has 1 heterocycles. The SMILES string of the molecule is COc1cccc(/C=C2\SC(=O)N(Cc3ccc([N+](=O)[O-])cc3)C2=O)c1OCc1ccc(Br)cc1. The fourth-order valence-corrected chi connectivity index (χ4v) is 4.47. The summed E-state index contributed by atoms with van der Waals surface area (Å²) in [6.07, 6.45) is 1.61. The summed E-state index contributed by atoms with van der Waals surface area (Å²) in [5, 5.41) is 10.4. The van der Waals surface area contributed by atoms with Crippen LogP contribution in [0.2, 0.25) is 0 Å². The topological polar surface area (TPSA) is 99.0 Å². The van der Waals surface area contributed by atoms with E-state index in [0.717, 1.165) is 26.7 Å². The smallest absolute Gasteiger partial charge is 0.293 e. The van der Waals surface area contributed by atoms with Crippen molar-refractivity contribution in [2.75, 3.05) is 7.11 Å². The molecule has 0 aromatic heterocycles. The molecule has 178 valence electrons. The molecule has 10 heteroatoms. The van der Waals surface area contributed by atoms with Crippen LogP contribution in [0.5, 0.6) is 11.5 Å². The summed E-state index contributed by atoms with van der Waals surface area (Å²) in [7, 11) is 1.53. The van der Waals surface area contributed by atoms with Crippen LogP contribution in [-0.2, 0) is 17.9 Å². The molecule has 35 heavy (non-hydrogen) atoms. The van der Waals surface area contributed by atoms with Gasteiger partial charge in [-0.15, -0.1) is 0 Å². The molecule has 1 saturated heterocycles. The van der Waals surface area contributed by atoms with E-state index < -0.39 is 16.1 Å². The molecule has 3 aromatic rings. The average Bonchev–Trinajstić information content (AvgIpc) is 3.11. The highest BCUT2D eigenvalue weighted by atomic mass is 79.9.